The van der Waals surface area contributed by atoms with Gasteiger partial charge in [0.15, 0.2) is 8.07 Å². The number of para-hydroxylation sites is 3. The molecule has 0 radical (unpaired) electrons. The standard InChI is InChI=1S/C57H42N2Si/c1-57(2)51-28-13-9-24-45(51)49-38-56-50(37-52(49)57)48-27-12-16-31-55(48)59(56)40-18-17-23-44(36-40)60(41-19-5-3-6-20-41,42-21-7-4-8-22-42)43-34-32-39(33-35-43)58-53-29-14-10-25-46(53)47-26-11-15-30-54(47)58/h3-38H,1-2H3. The van der Waals surface area contributed by atoms with Crippen molar-refractivity contribution in [2.45, 2.75) is 19.3 Å². The first-order valence-corrected chi connectivity index (χ1v) is 23.0. The smallest absolute Gasteiger partial charge is 0.179 e. The first kappa shape index (κ1) is 34.8. The second-order valence-corrected chi connectivity index (χ2v) is 20.7. The van der Waals surface area contributed by atoms with Crippen molar-refractivity contribution in [1.82, 2.24) is 9.13 Å². The lowest BCUT2D eigenvalue weighted by atomic mass is 9.82. The maximum absolute atomic E-state index is 2.90. The second-order valence-electron chi connectivity index (χ2n) is 16.9. The molecule has 9 aromatic carbocycles. The van der Waals surface area contributed by atoms with Crippen molar-refractivity contribution < 1.29 is 0 Å². The van der Waals surface area contributed by atoms with Crippen LogP contribution in [0.15, 0.2) is 218 Å². The van der Waals surface area contributed by atoms with Crippen LogP contribution in [0.2, 0.25) is 0 Å². The van der Waals surface area contributed by atoms with Gasteiger partial charge in [-0.2, -0.15) is 0 Å². The minimum Gasteiger partial charge on any atom is -0.309 e. The Hall–Kier alpha value is -7.20. The molecule has 1 aliphatic rings. The van der Waals surface area contributed by atoms with E-state index in [0.717, 1.165) is 5.69 Å². The van der Waals surface area contributed by atoms with E-state index >= 15 is 0 Å². The summed E-state index contributed by atoms with van der Waals surface area (Å²) in [5.41, 5.74) is 12.6. The van der Waals surface area contributed by atoms with E-state index in [9.17, 15) is 0 Å². The third-order valence-electron chi connectivity index (χ3n) is 13.5. The predicted octanol–water partition coefficient (Wildman–Crippen LogP) is 11.6. The molecule has 3 heteroatoms. The van der Waals surface area contributed by atoms with Crippen LogP contribution in [0.3, 0.4) is 0 Å². The number of rotatable bonds is 6. The molecule has 0 aliphatic heterocycles. The van der Waals surface area contributed by atoms with E-state index in [2.05, 4.69) is 241 Å². The lowest BCUT2D eigenvalue weighted by Gasteiger charge is -2.35. The van der Waals surface area contributed by atoms with E-state index < -0.39 is 8.07 Å². The Labute approximate surface area is 351 Å². The van der Waals surface area contributed by atoms with Crippen LogP contribution in [-0.4, -0.2) is 17.2 Å². The molecule has 11 aromatic rings. The van der Waals surface area contributed by atoms with Crippen LogP contribution in [0.25, 0.3) is 66.1 Å². The first-order valence-electron chi connectivity index (χ1n) is 21.0. The average Bonchev–Trinajstić information content (AvgIpc) is 3.90. The molecule has 2 heterocycles. The zero-order valence-corrected chi connectivity index (χ0v) is 34.7. The third kappa shape index (κ3) is 4.87. The lowest BCUT2D eigenvalue weighted by Crippen LogP contribution is -2.74. The quantitative estimate of drug-likeness (QED) is 0.117. The van der Waals surface area contributed by atoms with Gasteiger partial charge < -0.3 is 9.13 Å². The van der Waals surface area contributed by atoms with Gasteiger partial charge in [0.05, 0.1) is 22.1 Å². The van der Waals surface area contributed by atoms with Crippen LogP contribution in [0.5, 0.6) is 0 Å². The summed E-state index contributed by atoms with van der Waals surface area (Å²) in [5, 5.41) is 10.5. The van der Waals surface area contributed by atoms with E-state index in [-0.39, 0.29) is 5.41 Å². The molecule has 1 aliphatic carbocycles. The van der Waals surface area contributed by atoms with Gasteiger partial charge in [0.25, 0.3) is 0 Å². The molecule has 0 fully saturated rings. The van der Waals surface area contributed by atoms with Gasteiger partial charge in [-0.25, -0.2) is 0 Å². The summed E-state index contributed by atoms with van der Waals surface area (Å²) < 4.78 is 4.94. The van der Waals surface area contributed by atoms with Crippen LogP contribution in [0, 0.1) is 0 Å². The largest absolute Gasteiger partial charge is 0.309 e. The Balaban J connectivity index is 1.11. The molecule has 0 unspecified atom stereocenters. The third-order valence-corrected chi connectivity index (χ3v) is 18.2. The Bertz CT molecular complexity index is 3350. The molecule has 0 saturated carbocycles. The van der Waals surface area contributed by atoms with Crippen LogP contribution in [0.1, 0.15) is 25.0 Å². The van der Waals surface area contributed by atoms with E-state index in [1.165, 1.54) is 92.3 Å². The fraction of sp³-hybridized carbons (Fsp3) is 0.0526. The molecule has 0 spiro atoms. The van der Waals surface area contributed by atoms with Crippen molar-refractivity contribution in [2.24, 2.45) is 0 Å². The molecule has 12 rings (SSSR count). The van der Waals surface area contributed by atoms with Gasteiger partial charge in [-0.05, 0) is 97.6 Å². The zero-order valence-electron chi connectivity index (χ0n) is 33.7. The molecule has 0 amide bonds. The van der Waals surface area contributed by atoms with Crippen LogP contribution in [-0.2, 0) is 5.41 Å². The Morgan fingerprint density at radius 1 is 0.317 bits per heavy atom. The molecule has 0 saturated heterocycles. The number of benzene rings is 9. The summed E-state index contributed by atoms with van der Waals surface area (Å²) in [6, 6.07) is 82.0. The fourth-order valence-corrected chi connectivity index (χ4v) is 15.5. The minimum absolute atomic E-state index is 0.0725. The van der Waals surface area contributed by atoms with Gasteiger partial charge in [0.2, 0.25) is 0 Å². The number of hydrogen-bond acceptors (Lipinski definition) is 0. The Morgan fingerprint density at radius 3 is 1.42 bits per heavy atom. The van der Waals surface area contributed by atoms with Crippen LogP contribution >= 0.6 is 0 Å². The van der Waals surface area contributed by atoms with Gasteiger partial charge in [0.1, 0.15) is 0 Å². The Morgan fingerprint density at radius 2 is 0.800 bits per heavy atom. The maximum Gasteiger partial charge on any atom is 0.179 e. The molecule has 284 valence electrons. The monoisotopic (exact) mass is 782 g/mol. The lowest BCUT2D eigenvalue weighted by molar-refractivity contribution is 0.661. The highest BCUT2D eigenvalue weighted by Crippen LogP contribution is 2.51. The molecule has 60 heavy (non-hydrogen) atoms. The molecule has 2 nitrogen and oxygen atoms in total. The zero-order chi connectivity index (χ0) is 40.0. The van der Waals surface area contributed by atoms with Crippen molar-refractivity contribution in [3.05, 3.63) is 230 Å². The summed E-state index contributed by atoms with van der Waals surface area (Å²) in [4.78, 5) is 0. The van der Waals surface area contributed by atoms with Crippen molar-refractivity contribution in [3.63, 3.8) is 0 Å². The van der Waals surface area contributed by atoms with Gasteiger partial charge in [-0.3, -0.25) is 0 Å². The second kappa shape index (κ2) is 13.2. The number of aromatic nitrogens is 2. The van der Waals surface area contributed by atoms with E-state index in [0.29, 0.717) is 0 Å². The summed E-state index contributed by atoms with van der Waals surface area (Å²) >= 11 is 0. The van der Waals surface area contributed by atoms with Gasteiger partial charge in [-0.1, -0.05) is 178 Å². The fourth-order valence-electron chi connectivity index (χ4n) is 10.8. The molecule has 0 N–H and O–H groups in total. The van der Waals surface area contributed by atoms with E-state index in [1.54, 1.807) is 0 Å². The molecular weight excluding hydrogens is 741 g/mol. The highest BCUT2D eigenvalue weighted by Gasteiger charge is 2.42. The van der Waals surface area contributed by atoms with Crippen LogP contribution < -0.4 is 20.7 Å². The van der Waals surface area contributed by atoms with Gasteiger partial charge in [-0.15, -0.1) is 0 Å². The topological polar surface area (TPSA) is 9.86 Å². The number of fused-ring (bicyclic) bond motifs is 9. The highest BCUT2D eigenvalue weighted by atomic mass is 28.3. The van der Waals surface area contributed by atoms with Gasteiger partial charge in [0, 0.05) is 38.3 Å². The summed E-state index contributed by atoms with van der Waals surface area (Å²) in [6.45, 7) is 4.75. The molecule has 2 aromatic heterocycles. The van der Waals surface area contributed by atoms with Crippen molar-refractivity contribution >= 4 is 72.4 Å². The minimum atomic E-state index is -2.90. The average molecular weight is 783 g/mol. The number of nitrogens with zero attached hydrogens (tertiary/aromatic N) is 2. The van der Waals surface area contributed by atoms with Crippen molar-refractivity contribution in [1.29, 1.82) is 0 Å². The van der Waals surface area contributed by atoms with E-state index in [1.807, 2.05) is 0 Å². The normalized spacial score (nSPS) is 13.3. The Kier molecular flexibility index (Phi) is 7.63. The maximum atomic E-state index is 2.52. The van der Waals surface area contributed by atoms with E-state index in [4.69, 9.17) is 0 Å². The molecule has 0 bridgehead atoms. The SMILES string of the molecule is CC1(C)c2ccccc2-c2cc3c(cc21)c1ccccc1n3-c1cccc([Si](c2ccccc2)(c2ccccc2)c2ccc(-n3c4ccccc4c4ccccc43)cc2)c1. The summed E-state index contributed by atoms with van der Waals surface area (Å²) in [6.07, 6.45) is 0. The number of hydrogen-bond donors (Lipinski definition) is 0. The van der Waals surface area contributed by atoms with Crippen molar-refractivity contribution in [2.75, 3.05) is 0 Å². The summed E-state index contributed by atoms with van der Waals surface area (Å²) in [5.74, 6) is 0. The predicted molar refractivity (Wildman–Crippen MR) is 256 cm³/mol. The highest BCUT2D eigenvalue weighted by molar-refractivity contribution is 7.19. The molecule has 0 atom stereocenters. The summed E-state index contributed by atoms with van der Waals surface area (Å²) in [7, 11) is -2.90. The van der Waals surface area contributed by atoms with Crippen LogP contribution in [0.4, 0.5) is 0 Å². The van der Waals surface area contributed by atoms with Crippen molar-refractivity contribution in [3.8, 4) is 22.5 Å². The van der Waals surface area contributed by atoms with Gasteiger partial charge >= 0.3 is 0 Å². The first-order chi connectivity index (χ1) is 29.5. The molecular formula is C57H42N2Si.